The SMILES string of the molecule is CCN(Cc1ccccc1)c1ccc(/C=N\Nc2ccc(F)cc2F)cc1. The standard InChI is InChI=1S/C22H21F2N3/c1-2-27(16-18-6-4-3-5-7-18)20-11-8-17(9-12-20)15-25-26-22-13-10-19(23)14-21(22)24/h3-15,26H,2,16H2,1H3/b25-15-. The van der Waals surface area contributed by atoms with Crippen LogP contribution in [0.15, 0.2) is 77.9 Å². The topological polar surface area (TPSA) is 27.6 Å². The number of rotatable bonds is 7. The molecule has 0 aliphatic carbocycles. The summed E-state index contributed by atoms with van der Waals surface area (Å²) < 4.78 is 26.4. The van der Waals surface area contributed by atoms with E-state index in [1.165, 1.54) is 17.7 Å². The highest BCUT2D eigenvalue weighted by molar-refractivity contribution is 5.81. The summed E-state index contributed by atoms with van der Waals surface area (Å²) in [6, 6.07) is 21.6. The lowest BCUT2D eigenvalue weighted by molar-refractivity contribution is 0.585. The fourth-order valence-electron chi connectivity index (χ4n) is 2.72. The summed E-state index contributed by atoms with van der Waals surface area (Å²) in [4.78, 5) is 2.28. The van der Waals surface area contributed by atoms with Crippen molar-refractivity contribution in [2.24, 2.45) is 5.10 Å². The van der Waals surface area contributed by atoms with E-state index in [1.807, 2.05) is 42.5 Å². The lowest BCUT2D eigenvalue weighted by Gasteiger charge is -2.23. The van der Waals surface area contributed by atoms with Gasteiger partial charge in [-0.15, -0.1) is 0 Å². The molecule has 5 heteroatoms. The zero-order valence-electron chi connectivity index (χ0n) is 15.1. The molecule has 27 heavy (non-hydrogen) atoms. The number of nitrogens with zero attached hydrogens (tertiary/aromatic N) is 2. The molecule has 0 saturated heterocycles. The number of hydrazone groups is 1. The van der Waals surface area contributed by atoms with Gasteiger partial charge in [-0.05, 0) is 42.3 Å². The minimum absolute atomic E-state index is 0.129. The van der Waals surface area contributed by atoms with Gasteiger partial charge in [0, 0.05) is 24.8 Å². The molecule has 3 aromatic carbocycles. The Hall–Kier alpha value is -3.21. The Morgan fingerprint density at radius 2 is 1.70 bits per heavy atom. The summed E-state index contributed by atoms with van der Waals surface area (Å²) >= 11 is 0. The monoisotopic (exact) mass is 365 g/mol. The van der Waals surface area contributed by atoms with Gasteiger partial charge in [-0.25, -0.2) is 8.78 Å². The average molecular weight is 365 g/mol. The van der Waals surface area contributed by atoms with E-state index in [9.17, 15) is 8.78 Å². The fraction of sp³-hybridized carbons (Fsp3) is 0.136. The molecule has 1 N–H and O–H groups in total. The Balaban J connectivity index is 1.63. The van der Waals surface area contributed by atoms with Gasteiger partial charge in [-0.2, -0.15) is 5.10 Å². The van der Waals surface area contributed by atoms with Crippen molar-refractivity contribution in [3.63, 3.8) is 0 Å². The first kappa shape index (κ1) is 18.6. The third kappa shape index (κ3) is 5.14. The Kier molecular flexibility index (Phi) is 6.15. The van der Waals surface area contributed by atoms with Gasteiger partial charge in [0.2, 0.25) is 0 Å². The van der Waals surface area contributed by atoms with Crippen molar-refractivity contribution in [3.8, 4) is 0 Å². The molecule has 0 atom stereocenters. The van der Waals surface area contributed by atoms with Gasteiger partial charge >= 0.3 is 0 Å². The van der Waals surface area contributed by atoms with Crippen molar-refractivity contribution < 1.29 is 8.78 Å². The molecule has 3 nitrogen and oxygen atoms in total. The second-order valence-electron chi connectivity index (χ2n) is 6.09. The van der Waals surface area contributed by atoms with E-state index in [-0.39, 0.29) is 5.69 Å². The molecule has 0 aliphatic rings. The maximum atomic E-state index is 13.6. The van der Waals surface area contributed by atoms with Crippen LogP contribution >= 0.6 is 0 Å². The molecule has 0 saturated carbocycles. The number of benzene rings is 3. The first-order valence-corrected chi connectivity index (χ1v) is 8.79. The van der Waals surface area contributed by atoms with E-state index < -0.39 is 11.6 Å². The summed E-state index contributed by atoms with van der Waals surface area (Å²) in [5.74, 6) is -1.30. The molecule has 0 aromatic heterocycles. The minimum Gasteiger partial charge on any atom is -0.367 e. The Morgan fingerprint density at radius 3 is 2.37 bits per heavy atom. The van der Waals surface area contributed by atoms with Crippen LogP contribution in [0.2, 0.25) is 0 Å². The molecule has 0 unspecified atom stereocenters. The van der Waals surface area contributed by atoms with E-state index in [1.54, 1.807) is 6.21 Å². The molecule has 3 rings (SSSR count). The van der Waals surface area contributed by atoms with Crippen LogP contribution in [0.4, 0.5) is 20.2 Å². The maximum Gasteiger partial charge on any atom is 0.151 e. The van der Waals surface area contributed by atoms with E-state index in [4.69, 9.17) is 0 Å². The number of hydrogen-bond donors (Lipinski definition) is 1. The lowest BCUT2D eigenvalue weighted by Crippen LogP contribution is -2.21. The summed E-state index contributed by atoms with van der Waals surface area (Å²) in [7, 11) is 0. The third-order valence-electron chi connectivity index (χ3n) is 4.19. The van der Waals surface area contributed by atoms with Gasteiger partial charge in [-0.3, -0.25) is 5.43 Å². The maximum absolute atomic E-state index is 13.6. The van der Waals surface area contributed by atoms with Crippen molar-refractivity contribution in [2.75, 3.05) is 16.9 Å². The number of halogens is 2. The minimum atomic E-state index is -0.679. The Bertz CT molecular complexity index is 893. The molecule has 0 heterocycles. The van der Waals surface area contributed by atoms with E-state index in [0.29, 0.717) is 0 Å². The van der Waals surface area contributed by atoms with Gasteiger partial charge in [0.05, 0.1) is 11.9 Å². The highest BCUT2D eigenvalue weighted by Gasteiger charge is 2.05. The summed E-state index contributed by atoms with van der Waals surface area (Å²) in [6.07, 6.45) is 1.60. The number of hydrogen-bond acceptors (Lipinski definition) is 3. The smallest absolute Gasteiger partial charge is 0.151 e. The molecule has 138 valence electrons. The molecule has 3 aromatic rings. The van der Waals surface area contributed by atoms with Crippen molar-refractivity contribution in [2.45, 2.75) is 13.5 Å². The summed E-state index contributed by atoms with van der Waals surface area (Å²) in [5.41, 5.74) is 5.98. The van der Waals surface area contributed by atoms with Crippen molar-refractivity contribution >= 4 is 17.6 Å². The highest BCUT2D eigenvalue weighted by Crippen LogP contribution is 2.18. The molecule has 0 radical (unpaired) electrons. The number of nitrogens with one attached hydrogen (secondary N) is 1. The predicted molar refractivity (Wildman–Crippen MR) is 107 cm³/mol. The van der Waals surface area contributed by atoms with Gasteiger partial charge in [-0.1, -0.05) is 42.5 Å². The predicted octanol–water partition coefficient (Wildman–Crippen LogP) is 5.44. The zero-order valence-corrected chi connectivity index (χ0v) is 15.1. The van der Waals surface area contributed by atoms with Crippen molar-refractivity contribution in [1.29, 1.82) is 0 Å². The fourth-order valence-corrected chi connectivity index (χ4v) is 2.72. The van der Waals surface area contributed by atoms with Crippen LogP contribution in [-0.4, -0.2) is 12.8 Å². The molecular weight excluding hydrogens is 344 g/mol. The average Bonchev–Trinajstić information content (AvgIpc) is 2.69. The van der Waals surface area contributed by atoms with Crippen LogP contribution in [0.1, 0.15) is 18.1 Å². The van der Waals surface area contributed by atoms with Crippen LogP contribution < -0.4 is 10.3 Å². The third-order valence-corrected chi connectivity index (χ3v) is 4.19. The van der Waals surface area contributed by atoms with E-state index in [0.717, 1.165) is 30.4 Å². The first-order valence-electron chi connectivity index (χ1n) is 8.79. The van der Waals surface area contributed by atoms with E-state index in [2.05, 4.69) is 34.5 Å². The molecule has 0 aliphatic heterocycles. The summed E-state index contributed by atoms with van der Waals surface area (Å²) in [5, 5.41) is 4.01. The Labute approximate surface area is 158 Å². The van der Waals surface area contributed by atoms with Crippen LogP contribution in [0.3, 0.4) is 0 Å². The molecule has 0 spiro atoms. The van der Waals surface area contributed by atoms with Gasteiger partial charge < -0.3 is 4.90 Å². The number of anilines is 2. The molecular formula is C22H21F2N3. The largest absolute Gasteiger partial charge is 0.367 e. The lowest BCUT2D eigenvalue weighted by atomic mass is 10.1. The van der Waals surface area contributed by atoms with Gasteiger partial charge in [0.15, 0.2) is 5.82 Å². The van der Waals surface area contributed by atoms with Crippen molar-refractivity contribution in [3.05, 3.63) is 95.6 Å². The van der Waals surface area contributed by atoms with Crippen LogP contribution in [0.5, 0.6) is 0 Å². The quantitative estimate of drug-likeness (QED) is 0.446. The second-order valence-corrected chi connectivity index (χ2v) is 6.09. The second kappa shape index (κ2) is 8.94. The zero-order chi connectivity index (χ0) is 19.1. The first-order chi connectivity index (χ1) is 13.2. The molecule has 0 amide bonds. The molecule has 0 bridgehead atoms. The van der Waals surface area contributed by atoms with Crippen molar-refractivity contribution in [1.82, 2.24) is 0 Å². The van der Waals surface area contributed by atoms with Crippen LogP contribution in [0, 0.1) is 11.6 Å². The summed E-state index contributed by atoms with van der Waals surface area (Å²) in [6.45, 7) is 3.86. The Morgan fingerprint density at radius 1 is 0.963 bits per heavy atom. The molecule has 0 fully saturated rings. The van der Waals surface area contributed by atoms with Crippen LogP contribution in [0.25, 0.3) is 0 Å². The van der Waals surface area contributed by atoms with Gasteiger partial charge in [0.1, 0.15) is 5.82 Å². The van der Waals surface area contributed by atoms with E-state index >= 15 is 0 Å². The highest BCUT2D eigenvalue weighted by atomic mass is 19.1. The van der Waals surface area contributed by atoms with Crippen LogP contribution in [-0.2, 0) is 6.54 Å². The normalized spacial score (nSPS) is 10.9. The van der Waals surface area contributed by atoms with Gasteiger partial charge in [0.25, 0.3) is 0 Å².